The van der Waals surface area contributed by atoms with Gasteiger partial charge in [-0.3, -0.25) is 14.2 Å². The number of carbonyl (C=O) groups excluding carboxylic acids is 2. The number of rotatable bonds is 4. The Morgan fingerprint density at radius 1 is 1.00 bits per heavy atom. The monoisotopic (exact) mass is 484 g/mol. The van der Waals surface area contributed by atoms with Crippen LogP contribution < -0.4 is 10.7 Å². The van der Waals surface area contributed by atoms with Gasteiger partial charge in [-0.2, -0.15) is 4.31 Å². The lowest BCUT2D eigenvalue weighted by Crippen LogP contribution is -2.52. The molecule has 0 bridgehead atoms. The molecule has 2 aliphatic heterocycles. The van der Waals surface area contributed by atoms with E-state index in [0.29, 0.717) is 12.1 Å². The molecule has 2 amide bonds. The maximum Gasteiger partial charge on any atom is 0.419 e. The first-order chi connectivity index (χ1) is 16.3. The number of piperazine rings is 1. The first-order valence-corrected chi connectivity index (χ1v) is 12.4. The minimum atomic E-state index is -3.82. The van der Waals surface area contributed by atoms with Gasteiger partial charge in [-0.15, -0.1) is 0 Å². The lowest BCUT2D eigenvalue weighted by Gasteiger charge is -2.35. The molecule has 5 rings (SSSR count). The predicted octanol–water partition coefficient (Wildman–Crippen LogP) is 1.02. The summed E-state index contributed by atoms with van der Waals surface area (Å²) in [6, 6.07) is 13.6. The second-order valence-electron chi connectivity index (χ2n) is 8.53. The molecule has 0 spiro atoms. The van der Waals surface area contributed by atoms with Gasteiger partial charge >= 0.3 is 5.76 Å². The predicted molar refractivity (Wildman–Crippen MR) is 124 cm³/mol. The van der Waals surface area contributed by atoms with Crippen molar-refractivity contribution in [2.75, 3.05) is 37.6 Å². The van der Waals surface area contributed by atoms with Crippen LogP contribution in [-0.4, -0.2) is 66.7 Å². The molecular weight excluding hydrogens is 460 g/mol. The van der Waals surface area contributed by atoms with Crippen LogP contribution in [0.3, 0.4) is 0 Å². The Hall–Kier alpha value is -3.44. The first-order valence-electron chi connectivity index (χ1n) is 11.0. The summed E-state index contributed by atoms with van der Waals surface area (Å²) >= 11 is 0. The van der Waals surface area contributed by atoms with Crippen molar-refractivity contribution in [2.24, 2.45) is 13.0 Å². The summed E-state index contributed by atoms with van der Waals surface area (Å²) in [5.74, 6) is -1.22. The molecule has 0 aliphatic carbocycles. The molecule has 3 heterocycles. The van der Waals surface area contributed by atoms with Crippen LogP contribution in [-0.2, 0) is 26.7 Å². The average molecular weight is 485 g/mol. The van der Waals surface area contributed by atoms with Crippen LogP contribution in [0.5, 0.6) is 0 Å². The van der Waals surface area contributed by atoms with Gasteiger partial charge in [0.2, 0.25) is 21.8 Å². The van der Waals surface area contributed by atoms with E-state index in [1.807, 2.05) is 30.3 Å². The van der Waals surface area contributed by atoms with Gasteiger partial charge in [0.1, 0.15) is 0 Å². The van der Waals surface area contributed by atoms with E-state index in [1.165, 1.54) is 21.0 Å². The Morgan fingerprint density at radius 2 is 1.71 bits per heavy atom. The van der Waals surface area contributed by atoms with Crippen molar-refractivity contribution in [2.45, 2.75) is 11.3 Å². The molecule has 2 saturated heterocycles. The highest BCUT2D eigenvalue weighted by molar-refractivity contribution is 7.89. The van der Waals surface area contributed by atoms with Gasteiger partial charge in [0, 0.05) is 57.9 Å². The van der Waals surface area contributed by atoms with Crippen LogP contribution in [0.1, 0.15) is 6.42 Å². The van der Waals surface area contributed by atoms with Crippen molar-refractivity contribution < 1.29 is 22.4 Å². The van der Waals surface area contributed by atoms with Crippen LogP contribution in [0.2, 0.25) is 0 Å². The Balaban J connectivity index is 1.25. The first kappa shape index (κ1) is 22.4. The third kappa shape index (κ3) is 3.80. The van der Waals surface area contributed by atoms with E-state index < -0.39 is 21.7 Å². The molecule has 0 unspecified atom stereocenters. The van der Waals surface area contributed by atoms with Crippen LogP contribution in [0, 0.1) is 5.92 Å². The van der Waals surface area contributed by atoms with Gasteiger partial charge < -0.3 is 14.2 Å². The summed E-state index contributed by atoms with van der Waals surface area (Å²) < 4.78 is 34.0. The largest absolute Gasteiger partial charge is 0.419 e. The molecule has 2 aromatic carbocycles. The zero-order chi connectivity index (χ0) is 24.0. The highest BCUT2D eigenvalue weighted by Crippen LogP contribution is 2.27. The van der Waals surface area contributed by atoms with E-state index in [-0.39, 0.29) is 54.9 Å². The van der Waals surface area contributed by atoms with Crippen LogP contribution in [0.15, 0.2) is 62.6 Å². The summed E-state index contributed by atoms with van der Waals surface area (Å²) in [5, 5.41) is 0. The van der Waals surface area contributed by atoms with Crippen molar-refractivity contribution in [3.05, 3.63) is 59.1 Å². The zero-order valence-corrected chi connectivity index (χ0v) is 19.4. The van der Waals surface area contributed by atoms with Crippen LogP contribution >= 0.6 is 0 Å². The molecular formula is C23H24N4O6S. The maximum absolute atomic E-state index is 13.1. The van der Waals surface area contributed by atoms with Gasteiger partial charge in [0.15, 0.2) is 5.58 Å². The van der Waals surface area contributed by atoms with Crippen molar-refractivity contribution in [1.29, 1.82) is 0 Å². The smallest absolute Gasteiger partial charge is 0.408 e. The molecule has 0 saturated carbocycles. The van der Waals surface area contributed by atoms with Crippen molar-refractivity contribution in [1.82, 2.24) is 13.8 Å². The van der Waals surface area contributed by atoms with Gasteiger partial charge in [0.25, 0.3) is 0 Å². The molecule has 1 aromatic heterocycles. The number of benzene rings is 2. The fourth-order valence-corrected chi connectivity index (χ4v) is 6.00. The molecule has 3 aromatic rings. The fourth-order valence-electron chi connectivity index (χ4n) is 4.56. The van der Waals surface area contributed by atoms with Gasteiger partial charge in [-0.1, -0.05) is 18.2 Å². The van der Waals surface area contributed by atoms with Gasteiger partial charge in [-0.25, -0.2) is 13.2 Å². The molecule has 1 atom stereocenters. The van der Waals surface area contributed by atoms with E-state index in [9.17, 15) is 22.8 Å². The topological polar surface area (TPSA) is 113 Å². The Kier molecular flexibility index (Phi) is 5.53. The summed E-state index contributed by atoms with van der Waals surface area (Å²) in [7, 11) is -2.27. The normalized spacial score (nSPS) is 19.8. The molecule has 0 N–H and O–H groups in total. The number of carbonyl (C=O) groups is 2. The minimum absolute atomic E-state index is 0.0361. The maximum atomic E-state index is 13.1. The number of oxazole rings is 1. The lowest BCUT2D eigenvalue weighted by molar-refractivity contribution is -0.136. The van der Waals surface area contributed by atoms with Crippen LogP contribution in [0.25, 0.3) is 11.1 Å². The van der Waals surface area contributed by atoms with Gasteiger partial charge in [0.05, 0.1) is 16.3 Å². The number of amides is 2. The number of aromatic nitrogens is 1. The third-order valence-corrected chi connectivity index (χ3v) is 8.39. The number of fused-ring (bicyclic) bond motifs is 1. The standard InChI is InChI=1S/C23H24N4O6S/c1-24-19-8-7-18(14-20(19)33-23(24)30)34(31,32)26-11-9-25(10-12-26)22(29)16-13-21(28)27(15-16)17-5-3-2-4-6-17/h2-8,14,16H,9-13,15H2,1H3/t16-/m0/s1. The number of anilines is 1. The number of hydrogen-bond acceptors (Lipinski definition) is 6. The second-order valence-corrected chi connectivity index (χ2v) is 10.5. The Morgan fingerprint density at radius 3 is 2.41 bits per heavy atom. The summed E-state index contributed by atoms with van der Waals surface area (Å²) in [5.41, 5.74) is 1.48. The summed E-state index contributed by atoms with van der Waals surface area (Å²) in [6.07, 6.45) is 0.147. The van der Waals surface area contributed by atoms with Crippen molar-refractivity contribution >= 4 is 38.6 Å². The number of nitrogens with zero attached hydrogens (tertiary/aromatic N) is 4. The molecule has 11 heteroatoms. The quantitative estimate of drug-likeness (QED) is 0.546. The fraction of sp³-hybridized carbons (Fsp3) is 0.348. The SMILES string of the molecule is Cn1c(=O)oc2cc(S(=O)(=O)N3CCN(C(=O)[C@H]4CC(=O)N(c5ccccc5)C4)CC3)ccc21. The lowest BCUT2D eigenvalue weighted by atomic mass is 10.1. The number of sulfonamides is 1. The highest BCUT2D eigenvalue weighted by Gasteiger charge is 2.39. The van der Waals surface area contributed by atoms with E-state index in [0.717, 1.165) is 5.69 Å². The van der Waals surface area contributed by atoms with Crippen molar-refractivity contribution in [3.8, 4) is 0 Å². The zero-order valence-electron chi connectivity index (χ0n) is 18.6. The van der Waals surface area contributed by atoms with E-state index in [1.54, 1.807) is 22.9 Å². The molecule has 0 radical (unpaired) electrons. The van der Waals surface area contributed by atoms with E-state index >= 15 is 0 Å². The molecule has 178 valence electrons. The summed E-state index contributed by atoms with van der Waals surface area (Å²) in [6.45, 7) is 1.11. The summed E-state index contributed by atoms with van der Waals surface area (Å²) in [4.78, 5) is 40.5. The van der Waals surface area contributed by atoms with E-state index in [2.05, 4.69) is 0 Å². The molecule has 34 heavy (non-hydrogen) atoms. The Bertz CT molecular complexity index is 1420. The molecule has 10 nitrogen and oxygen atoms in total. The van der Waals surface area contributed by atoms with Crippen molar-refractivity contribution in [3.63, 3.8) is 0 Å². The number of para-hydroxylation sites is 1. The van der Waals surface area contributed by atoms with Gasteiger partial charge in [-0.05, 0) is 24.3 Å². The third-order valence-electron chi connectivity index (χ3n) is 6.49. The molecule has 2 fully saturated rings. The van der Waals surface area contributed by atoms with Crippen LogP contribution in [0.4, 0.5) is 5.69 Å². The Labute approximate surface area is 196 Å². The number of aryl methyl sites for hydroxylation is 1. The second kappa shape index (κ2) is 8.41. The minimum Gasteiger partial charge on any atom is -0.408 e. The average Bonchev–Trinajstić information content (AvgIpc) is 3.38. The highest BCUT2D eigenvalue weighted by atomic mass is 32.2. The molecule has 2 aliphatic rings. The van der Waals surface area contributed by atoms with E-state index in [4.69, 9.17) is 4.42 Å². The number of hydrogen-bond donors (Lipinski definition) is 0.